The fraction of sp³-hybridized carbons (Fsp3) is 0.333. The molecule has 0 aromatic carbocycles. The minimum absolute atomic E-state index is 0.112. The van der Waals surface area contributed by atoms with E-state index < -0.39 is 0 Å². The van der Waals surface area contributed by atoms with Crippen molar-refractivity contribution in [2.24, 2.45) is 0 Å². The molecular weight excluding hydrogens is 280 g/mol. The van der Waals surface area contributed by atoms with Crippen LogP contribution in [0.4, 0.5) is 0 Å². The third-order valence-electron chi connectivity index (χ3n) is 3.86. The second-order valence-corrected chi connectivity index (χ2v) is 5.66. The Morgan fingerprint density at radius 1 is 0.591 bits per heavy atom. The van der Waals surface area contributed by atoms with Crippen LogP contribution in [-0.2, 0) is 19.2 Å². The van der Waals surface area contributed by atoms with Crippen molar-refractivity contribution < 1.29 is 19.2 Å². The van der Waals surface area contributed by atoms with Crippen LogP contribution in [0.5, 0.6) is 0 Å². The summed E-state index contributed by atoms with van der Waals surface area (Å²) in [4.78, 5) is 46.6. The maximum atomic E-state index is 11.8. The Labute approximate surface area is 129 Å². The second kappa shape index (κ2) is 6.60. The summed E-state index contributed by atoms with van der Waals surface area (Å²) in [7, 11) is 0. The number of hydrogen-bond donors (Lipinski definition) is 0. The van der Waals surface area contributed by atoms with Gasteiger partial charge in [0.15, 0.2) is 23.1 Å². The molecule has 4 nitrogen and oxygen atoms in total. The van der Waals surface area contributed by atoms with Gasteiger partial charge in [0.1, 0.15) is 0 Å². The van der Waals surface area contributed by atoms with Crippen molar-refractivity contribution in [2.45, 2.75) is 39.5 Å². The number of carbonyl (C=O) groups is 4. The number of carbonyl (C=O) groups excluding carboxylic acids is 4. The fourth-order valence-corrected chi connectivity index (χ4v) is 2.43. The molecule has 0 aromatic rings. The number of hydrogen-bond acceptors (Lipinski definition) is 4. The van der Waals surface area contributed by atoms with Crippen LogP contribution in [0.3, 0.4) is 0 Å². The molecule has 2 rings (SSSR count). The third-order valence-corrected chi connectivity index (χ3v) is 3.86. The lowest BCUT2D eigenvalue weighted by atomic mass is 9.91. The summed E-state index contributed by atoms with van der Waals surface area (Å²) in [5, 5.41) is 0. The molecule has 0 spiro atoms. The van der Waals surface area contributed by atoms with Gasteiger partial charge < -0.3 is 0 Å². The Hall–Kier alpha value is -2.36. The molecule has 0 radical (unpaired) electrons. The molecule has 2 aliphatic carbocycles. The highest BCUT2D eigenvalue weighted by Crippen LogP contribution is 2.20. The van der Waals surface area contributed by atoms with E-state index in [1.54, 1.807) is 13.8 Å². The van der Waals surface area contributed by atoms with Gasteiger partial charge in [-0.1, -0.05) is 0 Å². The lowest BCUT2D eigenvalue weighted by Gasteiger charge is -2.11. The van der Waals surface area contributed by atoms with Crippen LogP contribution in [0.15, 0.2) is 46.6 Å². The highest BCUT2D eigenvalue weighted by Gasteiger charge is 2.18. The largest absolute Gasteiger partial charge is 0.290 e. The number of rotatable bonds is 5. The van der Waals surface area contributed by atoms with Crippen LogP contribution in [0.2, 0.25) is 0 Å². The first-order chi connectivity index (χ1) is 10.4. The quantitative estimate of drug-likeness (QED) is 0.578. The van der Waals surface area contributed by atoms with Crippen LogP contribution in [-0.4, -0.2) is 23.1 Å². The summed E-state index contributed by atoms with van der Waals surface area (Å²) in [6.07, 6.45) is 7.96. The molecule has 0 atom stereocenters. The maximum absolute atomic E-state index is 11.8. The molecule has 0 saturated carbocycles. The normalized spacial score (nSPS) is 18.8. The van der Waals surface area contributed by atoms with Crippen molar-refractivity contribution in [3.8, 4) is 0 Å². The first-order valence-electron chi connectivity index (χ1n) is 7.33. The van der Waals surface area contributed by atoms with E-state index in [4.69, 9.17) is 0 Å². The Morgan fingerprint density at radius 2 is 0.955 bits per heavy atom. The molecule has 0 saturated heterocycles. The predicted molar refractivity (Wildman–Crippen MR) is 82.2 cm³/mol. The van der Waals surface area contributed by atoms with Crippen molar-refractivity contribution in [1.82, 2.24) is 0 Å². The van der Waals surface area contributed by atoms with Crippen LogP contribution in [0.1, 0.15) is 39.5 Å². The van der Waals surface area contributed by atoms with Crippen LogP contribution < -0.4 is 0 Å². The van der Waals surface area contributed by atoms with E-state index in [1.165, 1.54) is 24.3 Å². The van der Waals surface area contributed by atoms with E-state index in [9.17, 15) is 19.2 Å². The van der Waals surface area contributed by atoms with Gasteiger partial charge in [-0.3, -0.25) is 19.2 Å². The van der Waals surface area contributed by atoms with Gasteiger partial charge in [-0.05, 0) is 63.8 Å². The lowest BCUT2D eigenvalue weighted by Crippen LogP contribution is -2.12. The molecule has 0 N–H and O–H groups in total. The summed E-state index contributed by atoms with van der Waals surface area (Å²) in [6, 6.07) is 0. The standard InChI is InChI=1S/C18H18O4/c1-11-7-17(21)13(9-15(11)19)5-3-4-6-14-10-16(20)12(2)8-18(14)22/h7-10H,3-6H2,1-2H3. The van der Waals surface area contributed by atoms with Gasteiger partial charge in [0.25, 0.3) is 0 Å². The van der Waals surface area contributed by atoms with Gasteiger partial charge in [-0.25, -0.2) is 0 Å². The number of allylic oxidation sites excluding steroid dienone is 8. The third kappa shape index (κ3) is 3.64. The lowest BCUT2D eigenvalue weighted by molar-refractivity contribution is -0.115. The molecule has 0 unspecified atom stereocenters. The first-order valence-corrected chi connectivity index (χ1v) is 7.33. The van der Waals surface area contributed by atoms with Crippen molar-refractivity contribution in [3.05, 3.63) is 46.6 Å². The first kappa shape index (κ1) is 16.0. The van der Waals surface area contributed by atoms with E-state index in [-0.39, 0.29) is 23.1 Å². The summed E-state index contributed by atoms with van der Waals surface area (Å²) >= 11 is 0. The molecule has 22 heavy (non-hydrogen) atoms. The molecule has 0 bridgehead atoms. The molecule has 0 aliphatic heterocycles. The van der Waals surface area contributed by atoms with Gasteiger partial charge >= 0.3 is 0 Å². The highest BCUT2D eigenvalue weighted by atomic mass is 16.1. The van der Waals surface area contributed by atoms with E-state index >= 15 is 0 Å². The zero-order chi connectivity index (χ0) is 16.3. The topological polar surface area (TPSA) is 68.3 Å². The minimum Gasteiger partial charge on any atom is -0.290 e. The van der Waals surface area contributed by atoms with Crippen molar-refractivity contribution in [3.63, 3.8) is 0 Å². The van der Waals surface area contributed by atoms with E-state index in [1.807, 2.05) is 0 Å². The fourth-order valence-electron chi connectivity index (χ4n) is 2.43. The molecule has 0 aromatic heterocycles. The smallest absolute Gasteiger partial charge is 0.182 e. The Kier molecular flexibility index (Phi) is 4.81. The molecule has 0 fully saturated rings. The van der Waals surface area contributed by atoms with Crippen LogP contribution in [0.25, 0.3) is 0 Å². The zero-order valence-corrected chi connectivity index (χ0v) is 12.8. The second-order valence-electron chi connectivity index (χ2n) is 5.66. The van der Waals surface area contributed by atoms with Gasteiger partial charge in [0.2, 0.25) is 0 Å². The monoisotopic (exact) mass is 298 g/mol. The van der Waals surface area contributed by atoms with Crippen LogP contribution in [0, 0.1) is 0 Å². The SMILES string of the molecule is CC1=CC(=O)C(CCCCC2=CC(=O)C(C)=CC2=O)=CC1=O. The van der Waals surface area contributed by atoms with E-state index in [0.717, 1.165) is 0 Å². The number of unbranched alkanes of at least 4 members (excludes halogenated alkanes) is 1. The number of ketones is 4. The summed E-state index contributed by atoms with van der Waals surface area (Å²) in [6.45, 7) is 3.25. The zero-order valence-electron chi connectivity index (χ0n) is 12.8. The van der Waals surface area contributed by atoms with Crippen molar-refractivity contribution in [1.29, 1.82) is 0 Å². The maximum Gasteiger partial charge on any atom is 0.182 e. The van der Waals surface area contributed by atoms with Crippen molar-refractivity contribution in [2.75, 3.05) is 0 Å². The van der Waals surface area contributed by atoms with E-state index in [0.29, 0.717) is 48.0 Å². The molecular formula is C18H18O4. The van der Waals surface area contributed by atoms with Gasteiger partial charge in [0, 0.05) is 22.3 Å². The average molecular weight is 298 g/mol. The minimum atomic E-state index is -0.119. The highest BCUT2D eigenvalue weighted by molar-refractivity contribution is 6.20. The molecule has 4 heteroatoms. The summed E-state index contributed by atoms with van der Waals surface area (Å²) < 4.78 is 0. The molecule has 2 aliphatic rings. The Morgan fingerprint density at radius 3 is 1.32 bits per heavy atom. The summed E-state index contributed by atoms with van der Waals surface area (Å²) in [5.74, 6) is -0.463. The van der Waals surface area contributed by atoms with Crippen LogP contribution >= 0.6 is 0 Å². The Balaban J connectivity index is 1.84. The van der Waals surface area contributed by atoms with Crippen molar-refractivity contribution >= 4 is 23.1 Å². The molecule has 0 heterocycles. The van der Waals surface area contributed by atoms with Gasteiger partial charge in [-0.15, -0.1) is 0 Å². The van der Waals surface area contributed by atoms with Gasteiger partial charge in [0.05, 0.1) is 0 Å². The molecule has 114 valence electrons. The summed E-state index contributed by atoms with van der Waals surface area (Å²) in [5.41, 5.74) is 1.97. The van der Waals surface area contributed by atoms with Gasteiger partial charge in [-0.2, -0.15) is 0 Å². The average Bonchev–Trinajstić information content (AvgIpc) is 2.45. The predicted octanol–water partition coefficient (Wildman–Crippen LogP) is 2.60. The van der Waals surface area contributed by atoms with E-state index in [2.05, 4.69) is 0 Å². The molecule has 0 amide bonds. The Bertz CT molecular complexity index is 624.